The molecule has 1 rings (SSSR count). The third-order valence-corrected chi connectivity index (χ3v) is 2.65. The molecule has 84 valence electrons. The molecule has 0 bridgehead atoms. The van der Waals surface area contributed by atoms with Gasteiger partial charge in [0.25, 0.3) is 0 Å². The van der Waals surface area contributed by atoms with Crippen LogP contribution in [0.15, 0.2) is 35.2 Å². The Balaban J connectivity index is 0.00000225. The van der Waals surface area contributed by atoms with Crippen molar-refractivity contribution < 1.29 is 81.4 Å². The third-order valence-electron chi connectivity index (χ3n) is 1.23. The predicted octanol–water partition coefficient (Wildman–Crippen LogP) is -3.21. The van der Waals surface area contributed by atoms with Crippen LogP contribution < -0.4 is 51.4 Å². The first-order chi connectivity index (χ1) is 6.81. The SMILES string of the molecule is O=S(=O)([O-])OOS(=O)(=O)c1ccccc1.[K+]. The molecule has 0 N–H and O–H groups in total. The van der Waals surface area contributed by atoms with Gasteiger partial charge in [-0.2, -0.15) is 8.42 Å². The van der Waals surface area contributed by atoms with E-state index >= 15 is 0 Å². The van der Waals surface area contributed by atoms with Crippen molar-refractivity contribution in [3.05, 3.63) is 30.3 Å². The first-order valence-corrected chi connectivity index (χ1v) is 6.19. The van der Waals surface area contributed by atoms with E-state index in [-0.39, 0.29) is 56.3 Å². The Labute approximate surface area is 135 Å². The van der Waals surface area contributed by atoms with Crippen LogP contribution >= 0.6 is 0 Å². The van der Waals surface area contributed by atoms with Crippen LogP contribution in [-0.2, 0) is 29.2 Å². The van der Waals surface area contributed by atoms with Gasteiger partial charge in [0, 0.05) is 0 Å². The van der Waals surface area contributed by atoms with Crippen LogP contribution in [0.2, 0.25) is 0 Å². The van der Waals surface area contributed by atoms with Crippen molar-refractivity contribution >= 4 is 20.5 Å². The molecule has 0 amide bonds. The summed E-state index contributed by atoms with van der Waals surface area (Å²) in [5.74, 6) is 0. The third kappa shape index (κ3) is 5.81. The summed E-state index contributed by atoms with van der Waals surface area (Å²) in [6.45, 7) is 0. The van der Waals surface area contributed by atoms with Gasteiger partial charge in [0.05, 0.1) is 4.90 Å². The molecule has 0 spiro atoms. The summed E-state index contributed by atoms with van der Waals surface area (Å²) >= 11 is 0. The predicted molar refractivity (Wildman–Crippen MR) is 45.5 cm³/mol. The Morgan fingerprint density at radius 3 is 1.88 bits per heavy atom. The second kappa shape index (κ2) is 6.54. The van der Waals surface area contributed by atoms with Crippen molar-refractivity contribution in [3.63, 3.8) is 0 Å². The topological polar surface area (TPSA) is 110 Å². The van der Waals surface area contributed by atoms with Crippen LogP contribution in [0.25, 0.3) is 0 Å². The molecule has 0 radical (unpaired) electrons. The van der Waals surface area contributed by atoms with Crippen molar-refractivity contribution in [1.29, 1.82) is 0 Å². The second-order valence-electron chi connectivity index (χ2n) is 2.31. The van der Waals surface area contributed by atoms with Gasteiger partial charge in [-0.15, -0.1) is 4.33 Å². The zero-order valence-corrected chi connectivity index (χ0v) is 12.8. The Morgan fingerprint density at radius 2 is 1.44 bits per heavy atom. The van der Waals surface area contributed by atoms with Gasteiger partial charge in [0.15, 0.2) is 0 Å². The van der Waals surface area contributed by atoms with Gasteiger partial charge in [-0.1, -0.05) is 22.5 Å². The fourth-order valence-electron chi connectivity index (χ4n) is 0.697. The molecule has 0 aliphatic carbocycles. The summed E-state index contributed by atoms with van der Waals surface area (Å²) in [6.07, 6.45) is 0. The molecule has 0 fully saturated rings. The number of benzene rings is 1. The van der Waals surface area contributed by atoms with Crippen molar-refractivity contribution in [3.8, 4) is 0 Å². The molecule has 0 atom stereocenters. The summed E-state index contributed by atoms with van der Waals surface area (Å²) in [6, 6.07) is 6.63. The fourth-order valence-corrected chi connectivity index (χ4v) is 1.83. The molecule has 0 unspecified atom stereocenters. The van der Waals surface area contributed by atoms with Crippen molar-refractivity contribution in [2.45, 2.75) is 4.90 Å². The van der Waals surface area contributed by atoms with E-state index in [0.29, 0.717) is 0 Å². The van der Waals surface area contributed by atoms with Gasteiger partial charge in [-0.3, -0.25) is 0 Å². The minimum Gasteiger partial charge on any atom is -0.724 e. The van der Waals surface area contributed by atoms with E-state index in [2.05, 4.69) is 8.67 Å². The molecule has 0 aliphatic rings. The Hall–Kier alpha value is 0.636. The Bertz CT molecular complexity index is 521. The van der Waals surface area contributed by atoms with Crippen molar-refractivity contribution in [1.82, 2.24) is 0 Å². The molecule has 0 heterocycles. The second-order valence-corrected chi connectivity index (χ2v) is 4.78. The molecule has 0 saturated heterocycles. The van der Waals surface area contributed by atoms with Gasteiger partial charge in [-0.25, -0.2) is 8.42 Å². The van der Waals surface area contributed by atoms with Crippen LogP contribution in [0.3, 0.4) is 0 Å². The first kappa shape index (κ1) is 16.6. The molecule has 0 aliphatic heterocycles. The summed E-state index contributed by atoms with van der Waals surface area (Å²) in [5.41, 5.74) is 0. The summed E-state index contributed by atoms with van der Waals surface area (Å²) < 4.78 is 58.8. The summed E-state index contributed by atoms with van der Waals surface area (Å²) in [4.78, 5) is -0.325. The average molecular weight is 292 g/mol. The zero-order chi connectivity index (χ0) is 11.5. The van der Waals surface area contributed by atoms with Crippen molar-refractivity contribution in [2.75, 3.05) is 0 Å². The van der Waals surface area contributed by atoms with Crippen LogP contribution in [0.5, 0.6) is 0 Å². The van der Waals surface area contributed by atoms with E-state index in [4.69, 9.17) is 0 Å². The first-order valence-electron chi connectivity index (χ1n) is 3.45. The maximum Gasteiger partial charge on any atom is 1.00 e. The molecule has 10 heteroatoms. The van der Waals surface area contributed by atoms with Gasteiger partial charge < -0.3 is 4.55 Å². The molecular weight excluding hydrogens is 287 g/mol. The molecule has 0 saturated carbocycles. The molecule has 1 aromatic carbocycles. The standard InChI is InChI=1S/C6H6O7S2.K/c7-14(8,12-13-15(9,10)11)6-4-2-1-3-5-6;/h1-5H,(H,9,10,11);/q;+1/p-1. The van der Waals surface area contributed by atoms with Crippen LogP contribution in [-0.4, -0.2) is 21.4 Å². The number of hydrogen-bond donors (Lipinski definition) is 0. The van der Waals surface area contributed by atoms with E-state index in [9.17, 15) is 21.4 Å². The van der Waals surface area contributed by atoms with E-state index in [1.54, 1.807) is 6.07 Å². The molecule has 7 nitrogen and oxygen atoms in total. The van der Waals surface area contributed by atoms with Gasteiger partial charge in [-0.05, 0) is 12.1 Å². The zero-order valence-electron chi connectivity index (χ0n) is 8.06. The van der Waals surface area contributed by atoms with Gasteiger partial charge in [0.1, 0.15) is 0 Å². The van der Waals surface area contributed by atoms with E-state index in [0.717, 1.165) is 12.1 Å². The van der Waals surface area contributed by atoms with E-state index in [1.807, 2.05) is 0 Å². The smallest absolute Gasteiger partial charge is 0.724 e. The molecule has 0 aromatic heterocycles. The Kier molecular flexibility index (Phi) is 6.80. The number of rotatable bonds is 4. The maximum absolute atomic E-state index is 11.1. The minimum absolute atomic E-state index is 0. The van der Waals surface area contributed by atoms with Crippen LogP contribution in [0.1, 0.15) is 0 Å². The van der Waals surface area contributed by atoms with Gasteiger partial charge >= 0.3 is 61.5 Å². The molecule has 1 aromatic rings. The quantitative estimate of drug-likeness (QED) is 0.189. The molecule has 16 heavy (non-hydrogen) atoms. The van der Waals surface area contributed by atoms with Gasteiger partial charge in [0.2, 0.25) is 10.4 Å². The largest absolute Gasteiger partial charge is 1.00 e. The van der Waals surface area contributed by atoms with E-state index in [1.165, 1.54) is 12.1 Å². The van der Waals surface area contributed by atoms with Crippen LogP contribution in [0.4, 0.5) is 0 Å². The van der Waals surface area contributed by atoms with Crippen LogP contribution in [0, 0.1) is 0 Å². The number of hydrogen-bond acceptors (Lipinski definition) is 7. The minimum atomic E-state index is -5.22. The van der Waals surface area contributed by atoms with E-state index < -0.39 is 20.5 Å². The molecular formula is C6H5KO7S2. The summed E-state index contributed by atoms with van der Waals surface area (Å²) in [5, 5.41) is 0. The normalized spacial score (nSPS) is 11.8. The monoisotopic (exact) mass is 292 g/mol. The summed E-state index contributed by atoms with van der Waals surface area (Å²) in [7, 11) is -9.61. The maximum atomic E-state index is 11.1. The Morgan fingerprint density at radius 1 is 0.938 bits per heavy atom. The van der Waals surface area contributed by atoms with Crippen molar-refractivity contribution in [2.24, 2.45) is 0 Å². The average Bonchev–Trinajstić information content (AvgIpc) is 2.16. The fraction of sp³-hybridized carbons (Fsp3) is 0.